The molecule has 0 amide bonds. The molecule has 112 valence electrons. The van der Waals surface area contributed by atoms with Gasteiger partial charge in [-0.3, -0.25) is 0 Å². The first-order chi connectivity index (χ1) is 9.99. The van der Waals surface area contributed by atoms with Gasteiger partial charge in [0, 0.05) is 17.2 Å². The molecule has 0 aliphatic rings. The third-order valence-corrected chi connectivity index (χ3v) is 3.69. The first-order valence-corrected chi connectivity index (χ1v) is 6.82. The summed E-state index contributed by atoms with van der Waals surface area (Å²) >= 11 is 3.03. The predicted molar refractivity (Wildman–Crippen MR) is 77.7 cm³/mol. The van der Waals surface area contributed by atoms with Gasteiger partial charge in [-0.1, -0.05) is 12.1 Å². The molecular weight excluding hydrogens is 346 g/mol. The van der Waals surface area contributed by atoms with Crippen LogP contribution >= 0.6 is 15.9 Å². The zero-order valence-electron chi connectivity index (χ0n) is 11.4. The largest absolute Gasteiger partial charge is 0.493 e. The Hall–Kier alpha value is -1.66. The number of methoxy groups -OCH3 is 2. The molecule has 1 unspecified atom stereocenters. The van der Waals surface area contributed by atoms with Crippen molar-refractivity contribution in [2.24, 2.45) is 0 Å². The third kappa shape index (κ3) is 3.01. The predicted octanol–water partition coefficient (Wildman–Crippen LogP) is 3.83. The van der Waals surface area contributed by atoms with Crippen molar-refractivity contribution < 1.29 is 23.4 Å². The fraction of sp³-hybridized carbons (Fsp3) is 0.200. The second-order valence-corrected chi connectivity index (χ2v) is 5.13. The fourth-order valence-corrected chi connectivity index (χ4v) is 2.36. The molecule has 2 rings (SSSR count). The molecule has 0 aromatic heterocycles. The lowest BCUT2D eigenvalue weighted by Crippen LogP contribution is -2.06. The van der Waals surface area contributed by atoms with Gasteiger partial charge in [0.15, 0.2) is 11.5 Å². The average molecular weight is 359 g/mol. The van der Waals surface area contributed by atoms with Gasteiger partial charge >= 0.3 is 0 Å². The summed E-state index contributed by atoms with van der Waals surface area (Å²) in [6.45, 7) is 0. The number of halogens is 3. The summed E-state index contributed by atoms with van der Waals surface area (Å²) in [6.07, 6.45) is -1.46. The van der Waals surface area contributed by atoms with E-state index in [9.17, 15) is 13.9 Å². The Balaban J connectivity index is 2.53. The highest BCUT2D eigenvalue weighted by molar-refractivity contribution is 9.10. The van der Waals surface area contributed by atoms with Crippen LogP contribution in [0.5, 0.6) is 11.5 Å². The van der Waals surface area contributed by atoms with Crippen molar-refractivity contribution in [2.45, 2.75) is 6.10 Å². The summed E-state index contributed by atoms with van der Waals surface area (Å²) in [5.74, 6) is -0.900. The second kappa shape index (κ2) is 6.41. The summed E-state index contributed by atoms with van der Waals surface area (Å²) in [4.78, 5) is 0. The zero-order chi connectivity index (χ0) is 15.6. The molecule has 0 fully saturated rings. The van der Waals surface area contributed by atoms with E-state index in [1.807, 2.05) is 0 Å². The van der Waals surface area contributed by atoms with Gasteiger partial charge in [0.25, 0.3) is 0 Å². The number of aliphatic hydroxyl groups is 1. The quantitative estimate of drug-likeness (QED) is 0.902. The Morgan fingerprint density at radius 1 is 1.05 bits per heavy atom. The van der Waals surface area contributed by atoms with Crippen LogP contribution < -0.4 is 9.47 Å². The summed E-state index contributed by atoms with van der Waals surface area (Å²) in [6, 6.07) is 6.83. The second-order valence-electron chi connectivity index (χ2n) is 4.27. The van der Waals surface area contributed by atoms with Crippen LogP contribution in [0.2, 0.25) is 0 Å². The van der Waals surface area contributed by atoms with Crippen molar-refractivity contribution >= 4 is 15.9 Å². The maximum absolute atomic E-state index is 14.1. The Bertz CT molecular complexity index is 662. The maximum atomic E-state index is 14.1. The Kier molecular flexibility index (Phi) is 4.80. The van der Waals surface area contributed by atoms with Crippen LogP contribution in [0.25, 0.3) is 0 Å². The third-order valence-electron chi connectivity index (χ3n) is 3.07. The lowest BCUT2D eigenvalue weighted by atomic mass is 10.00. The molecule has 0 spiro atoms. The van der Waals surface area contributed by atoms with E-state index in [4.69, 9.17) is 9.47 Å². The number of hydrogen-bond acceptors (Lipinski definition) is 3. The number of benzene rings is 2. The van der Waals surface area contributed by atoms with E-state index in [0.29, 0.717) is 0 Å². The summed E-state index contributed by atoms with van der Waals surface area (Å²) in [5.41, 5.74) is -0.125. The van der Waals surface area contributed by atoms with Crippen molar-refractivity contribution in [1.29, 1.82) is 0 Å². The fourth-order valence-electron chi connectivity index (χ4n) is 1.98. The Morgan fingerprint density at radius 3 is 2.29 bits per heavy atom. The molecule has 3 nitrogen and oxygen atoms in total. The van der Waals surface area contributed by atoms with Gasteiger partial charge in [-0.2, -0.15) is 0 Å². The van der Waals surface area contributed by atoms with E-state index in [2.05, 4.69) is 15.9 Å². The van der Waals surface area contributed by atoms with Gasteiger partial charge in [0.2, 0.25) is 0 Å². The van der Waals surface area contributed by atoms with E-state index < -0.39 is 17.7 Å². The Morgan fingerprint density at radius 2 is 1.67 bits per heavy atom. The molecule has 0 saturated carbocycles. The summed E-state index contributed by atoms with van der Waals surface area (Å²) in [5, 5.41) is 10.3. The number of aliphatic hydroxyl groups excluding tert-OH is 1. The molecular formula is C15H13BrF2O3. The van der Waals surface area contributed by atoms with Gasteiger partial charge in [-0.25, -0.2) is 8.78 Å². The molecule has 1 N–H and O–H groups in total. The molecule has 21 heavy (non-hydrogen) atoms. The van der Waals surface area contributed by atoms with Gasteiger partial charge in [-0.15, -0.1) is 0 Å². The molecule has 1 atom stereocenters. The SMILES string of the molecule is COc1cc(F)c(C(O)c2cccc(Br)c2F)cc1OC. The minimum Gasteiger partial charge on any atom is -0.493 e. The van der Waals surface area contributed by atoms with Crippen LogP contribution in [-0.2, 0) is 0 Å². The van der Waals surface area contributed by atoms with Crippen molar-refractivity contribution in [2.75, 3.05) is 14.2 Å². The van der Waals surface area contributed by atoms with Crippen molar-refractivity contribution in [3.63, 3.8) is 0 Å². The first-order valence-electron chi connectivity index (χ1n) is 6.03. The molecule has 0 saturated heterocycles. The standard InChI is InChI=1S/C15H13BrF2O3/c1-20-12-6-9(11(17)7-13(12)21-2)15(19)8-4-3-5-10(16)14(8)18/h3-7,15,19H,1-2H3. The monoisotopic (exact) mass is 358 g/mol. The van der Waals surface area contributed by atoms with Crippen LogP contribution in [-0.4, -0.2) is 19.3 Å². The van der Waals surface area contributed by atoms with Gasteiger partial charge in [-0.05, 0) is 28.1 Å². The summed E-state index contributed by atoms with van der Waals surface area (Å²) in [7, 11) is 2.77. The van der Waals surface area contributed by atoms with Crippen LogP contribution in [0.4, 0.5) is 8.78 Å². The van der Waals surface area contributed by atoms with Gasteiger partial charge in [0.1, 0.15) is 17.7 Å². The normalized spacial score (nSPS) is 12.1. The Labute approximate surface area is 129 Å². The molecule has 0 bridgehead atoms. The van der Waals surface area contributed by atoms with Crippen LogP contribution in [0.15, 0.2) is 34.8 Å². The molecule has 6 heteroatoms. The van der Waals surface area contributed by atoms with E-state index in [0.717, 1.165) is 6.07 Å². The zero-order valence-corrected chi connectivity index (χ0v) is 12.9. The molecule has 0 radical (unpaired) electrons. The maximum Gasteiger partial charge on any atom is 0.163 e. The summed E-state index contributed by atoms with van der Waals surface area (Å²) < 4.78 is 38.3. The minimum absolute atomic E-state index is 0.0319. The number of hydrogen-bond donors (Lipinski definition) is 1. The van der Waals surface area contributed by atoms with E-state index in [1.165, 1.54) is 32.4 Å². The smallest absolute Gasteiger partial charge is 0.163 e. The van der Waals surface area contributed by atoms with E-state index >= 15 is 0 Å². The van der Waals surface area contributed by atoms with Gasteiger partial charge in [0.05, 0.1) is 18.7 Å². The molecule has 0 heterocycles. The molecule has 2 aromatic carbocycles. The van der Waals surface area contributed by atoms with Gasteiger partial charge < -0.3 is 14.6 Å². The first kappa shape index (κ1) is 15.7. The molecule has 2 aromatic rings. The van der Waals surface area contributed by atoms with Crippen LogP contribution in [0.3, 0.4) is 0 Å². The van der Waals surface area contributed by atoms with Crippen molar-refractivity contribution in [3.8, 4) is 11.5 Å². The topological polar surface area (TPSA) is 38.7 Å². The minimum atomic E-state index is -1.46. The lowest BCUT2D eigenvalue weighted by molar-refractivity contribution is 0.208. The molecule has 0 aliphatic carbocycles. The highest BCUT2D eigenvalue weighted by Gasteiger charge is 2.22. The highest BCUT2D eigenvalue weighted by atomic mass is 79.9. The van der Waals surface area contributed by atoms with Crippen molar-refractivity contribution in [3.05, 3.63) is 57.6 Å². The average Bonchev–Trinajstić information content (AvgIpc) is 2.49. The van der Waals surface area contributed by atoms with Crippen molar-refractivity contribution in [1.82, 2.24) is 0 Å². The lowest BCUT2D eigenvalue weighted by Gasteiger charge is -2.16. The highest BCUT2D eigenvalue weighted by Crippen LogP contribution is 2.36. The van der Waals surface area contributed by atoms with Crippen LogP contribution in [0.1, 0.15) is 17.2 Å². The van der Waals surface area contributed by atoms with E-state index in [1.54, 1.807) is 6.07 Å². The van der Waals surface area contributed by atoms with Crippen LogP contribution in [0, 0.1) is 11.6 Å². The van der Waals surface area contributed by atoms with E-state index in [-0.39, 0.29) is 27.1 Å². The number of ether oxygens (including phenoxy) is 2. The molecule has 0 aliphatic heterocycles. The number of rotatable bonds is 4.